The highest BCUT2D eigenvalue weighted by molar-refractivity contribution is 7.92. The Bertz CT molecular complexity index is 1100. The predicted molar refractivity (Wildman–Crippen MR) is 99.7 cm³/mol. The van der Waals surface area contributed by atoms with E-state index >= 15 is 0 Å². The molecule has 3 aromatic rings. The number of benzene rings is 2. The number of hydrogen-bond donors (Lipinski definition) is 0. The number of rotatable bonds is 4. The number of anilines is 1. The summed E-state index contributed by atoms with van der Waals surface area (Å²) in [4.78, 5) is 4.00. The molecular formula is C20H16F2N2O2S. The summed E-state index contributed by atoms with van der Waals surface area (Å²) in [6.45, 7) is 0.286. The van der Waals surface area contributed by atoms with Crippen LogP contribution in [0.2, 0.25) is 0 Å². The molecule has 0 unspecified atom stereocenters. The van der Waals surface area contributed by atoms with Crippen LogP contribution in [0.25, 0.3) is 11.1 Å². The standard InChI is InChI=1S/C20H16F2N2O2S/c21-18-2-3-19(22)17(12-18)13-27(25,26)24-10-7-16-11-15(1-4-20(16)24)14-5-8-23-9-6-14/h1-6,8-9,11-12H,7,10,13H2. The van der Waals surface area contributed by atoms with Gasteiger partial charge >= 0.3 is 0 Å². The number of pyridine rings is 1. The number of aromatic nitrogens is 1. The maximum Gasteiger partial charge on any atom is 0.239 e. The molecule has 0 amide bonds. The minimum Gasteiger partial charge on any atom is -0.269 e. The second kappa shape index (κ2) is 6.74. The summed E-state index contributed by atoms with van der Waals surface area (Å²) in [6.07, 6.45) is 3.97. The van der Waals surface area contributed by atoms with Gasteiger partial charge in [0.1, 0.15) is 11.6 Å². The lowest BCUT2D eigenvalue weighted by molar-refractivity contribution is 0.576. The zero-order valence-corrected chi connectivity index (χ0v) is 15.1. The molecular weight excluding hydrogens is 370 g/mol. The monoisotopic (exact) mass is 386 g/mol. The lowest BCUT2D eigenvalue weighted by Crippen LogP contribution is -2.30. The Hall–Kier alpha value is -2.80. The molecule has 1 aromatic heterocycles. The van der Waals surface area contributed by atoms with Gasteiger partial charge in [0.05, 0.1) is 11.4 Å². The van der Waals surface area contributed by atoms with Gasteiger partial charge in [-0.2, -0.15) is 0 Å². The van der Waals surface area contributed by atoms with Crippen molar-refractivity contribution in [3.63, 3.8) is 0 Å². The Morgan fingerprint density at radius 3 is 2.52 bits per heavy atom. The Morgan fingerprint density at radius 1 is 0.963 bits per heavy atom. The zero-order chi connectivity index (χ0) is 19.0. The van der Waals surface area contributed by atoms with Crippen LogP contribution in [-0.2, 0) is 22.2 Å². The summed E-state index contributed by atoms with van der Waals surface area (Å²) >= 11 is 0. The molecule has 138 valence electrons. The second-order valence-electron chi connectivity index (χ2n) is 6.39. The molecule has 7 heteroatoms. The molecule has 2 aromatic carbocycles. The van der Waals surface area contributed by atoms with E-state index in [1.165, 1.54) is 4.31 Å². The molecule has 1 aliphatic rings. The predicted octanol–water partition coefficient (Wildman–Crippen LogP) is 3.92. The smallest absolute Gasteiger partial charge is 0.239 e. The van der Waals surface area contributed by atoms with Crippen LogP contribution in [-0.4, -0.2) is 19.9 Å². The van der Waals surface area contributed by atoms with Crippen molar-refractivity contribution in [2.24, 2.45) is 0 Å². The molecule has 0 bridgehead atoms. The van der Waals surface area contributed by atoms with Crippen molar-refractivity contribution in [3.05, 3.63) is 83.7 Å². The van der Waals surface area contributed by atoms with Crippen LogP contribution < -0.4 is 4.31 Å². The molecule has 0 saturated carbocycles. The minimum absolute atomic E-state index is 0.170. The molecule has 4 rings (SSSR count). The fourth-order valence-electron chi connectivity index (χ4n) is 3.31. The molecule has 2 heterocycles. The quantitative estimate of drug-likeness (QED) is 0.683. The van der Waals surface area contributed by atoms with Crippen LogP contribution in [0.1, 0.15) is 11.1 Å². The van der Waals surface area contributed by atoms with E-state index in [1.54, 1.807) is 18.5 Å². The van der Waals surface area contributed by atoms with Gasteiger partial charge in [-0.3, -0.25) is 9.29 Å². The number of nitrogens with zero attached hydrogens (tertiary/aromatic N) is 2. The van der Waals surface area contributed by atoms with Gasteiger partial charge in [0, 0.05) is 24.5 Å². The summed E-state index contributed by atoms with van der Waals surface area (Å²) in [5.41, 5.74) is 3.30. The van der Waals surface area contributed by atoms with Gasteiger partial charge in [-0.1, -0.05) is 6.07 Å². The Balaban J connectivity index is 1.64. The van der Waals surface area contributed by atoms with Crippen molar-refractivity contribution in [3.8, 4) is 11.1 Å². The summed E-state index contributed by atoms with van der Waals surface area (Å²) in [7, 11) is -3.83. The third-order valence-corrected chi connectivity index (χ3v) is 6.35. The van der Waals surface area contributed by atoms with Crippen LogP contribution >= 0.6 is 0 Å². The zero-order valence-electron chi connectivity index (χ0n) is 14.3. The molecule has 0 fully saturated rings. The molecule has 0 aliphatic carbocycles. The maximum atomic E-state index is 13.9. The average molecular weight is 386 g/mol. The van der Waals surface area contributed by atoms with Crippen molar-refractivity contribution in [1.29, 1.82) is 0 Å². The maximum absolute atomic E-state index is 13.9. The third kappa shape index (κ3) is 3.42. The van der Waals surface area contributed by atoms with Gasteiger partial charge < -0.3 is 0 Å². The van der Waals surface area contributed by atoms with Crippen molar-refractivity contribution >= 4 is 15.7 Å². The first kappa shape index (κ1) is 17.6. The van der Waals surface area contributed by atoms with Gasteiger partial charge in [0.25, 0.3) is 0 Å². The van der Waals surface area contributed by atoms with E-state index < -0.39 is 27.4 Å². The van der Waals surface area contributed by atoms with Crippen LogP contribution in [0.3, 0.4) is 0 Å². The molecule has 0 spiro atoms. The van der Waals surface area contributed by atoms with Crippen LogP contribution in [0.4, 0.5) is 14.5 Å². The van der Waals surface area contributed by atoms with Gasteiger partial charge in [0.2, 0.25) is 10.0 Å². The highest BCUT2D eigenvalue weighted by atomic mass is 32.2. The van der Waals surface area contributed by atoms with Gasteiger partial charge in [-0.25, -0.2) is 17.2 Å². The molecule has 27 heavy (non-hydrogen) atoms. The lowest BCUT2D eigenvalue weighted by atomic mass is 10.0. The van der Waals surface area contributed by atoms with Gasteiger partial charge in [-0.05, 0) is 65.6 Å². The molecule has 4 nitrogen and oxygen atoms in total. The highest BCUT2D eigenvalue weighted by Gasteiger charge is 2.30. The summed E-state index contributed by atoms with van der Waals surface area (Å²) in [5.74, 6) is -1.97. The van der Waals surface area contributed by atoms with Crippen molar-refractivity contribution in [1.82, 2.24) is 4.98 Å². The largest absolute Gasteiger partial charge is 0.269 e. The van der Waals surface area contributed by atoms with E-state index in [2.05, 4.69) is 4.98 Å². The molecule has 0 N–H and O–H groups in total. The van der Waals surface area contributed by atoms with Crippen LogP contribution in [0, 0.1) is 11.6 Å². The van der Waals surface area contributed by atoms with Crippen molar-refractivity contribution in [2.45, 2.75) is 12.2 Å². The first-order chi connectivity index (χ1) is 12.9. The molecule has 1 aliphatic heterocycles. The highest BCUT2D eigenvalue weighted by Crippen LogP contribution is 2.34. The van der Waals surface area contributed by atoms with E-state index in [1.807, 2.05) is 24.3 Å². The minimum atomic E-state index is -3.83. The van der Waals surface area contributed by atoms with E-state index in [9.17, 15) is 17.2 Å². The van der Waals surface area contributed by atoms with E-state index in [-0.39, 0.29) is 12.1 Å². The fourth-order valence-corrected chi connectivity index (χ4v) is 4.93. The topological polar surface area (TPSA) is 50.3 Å². The number of hydrogen-bond acceptors (Lipinski definition) is 3. The summed E-state index contributed by atoms with van der Waals surface area (Å²) in [5, 5.41) is 0. The van der Waals surface area contributed by atoms with E-state index in [4.69, 9.17) is 0 Å². The van der Waals surface area contributed by atoms with E-state index in [0.29, 0.717) is 12.1 Å². The average Bonchev–Trinajstić information content (AvgIpc) is 3.09. The van der Waals surface area contributed by atoms with Gasteiger partial charge in [-0.15, -0.1) is 0 Å². The molecule has 0 saturated heterocycles. The molecule has 0 atom stereocenters. The second-order valence-corrected chi connectivity index (χ2v) is 8.29. The first-order valence-electron chi connectivity index (χ1n) is 8.42. The summed E-state index contributed by atoms with van der Waals surface area (Å²) < 4.78 is 54.1. The lowest BCUT2D eigenvalue weighted by Gasteiger charge is -2.20. The Kier molecular flexibility index (Phi) is 4.39. The first-order valence-corrected chi connectivity index (χ1v) is 10.0. The third-order valence-electron chi connectivity index (χ3n) is 4.63. The number of fused-ring (bicyclic) bond motifs is 1. The molecule has 0 radical (unpaired) electrons. The normalized spacial score (nSPS) is 13.6. The van der Waals surface area contributed by atoms with Crippen LogP contribution in [0.5, 0.6) is 0 Å². The summed E-state index contributed by atoms with van der Waals surface area (Å²) in [6, 6.07) is 12.2. The Morgan fingerprint density at radius 2 is 1.74 bits per heavy atom. The number of halogens is 2. The van der Waals surface area contributed by atoms with Crippen molar-refractivity contribution in [2.75, 3.05) is 10.8 Å². The van der Waals surface area contributed by atoms with E-state index in [0.717, 1.165) is 34.9 Å². The fraction of sp³-hybridized carbons (Fsp3) is 0.150. The Labute approximate surface area is 156 Å². The number of sulfonamides is 1. The SMILES string of the molecule is O=S(=O)(Cc1cc(F)ccc1F)N1CCc2cc(-c3ccncc3)ccc21. The van der Waals surface area contributed by atoms with Crippen molar-refractivity contribution < 1.29 is 17.2 Å². The van der Waals surface area contributed by atoms with Crippen LogP contribution in [0.15, 0.2) is 60.9 Å². The van der Waals surface area contributed by atoms with Gasteiger partial charge in [0.15, 0.2) is 0 Å².